The molecule has 1 heterocycles. The number of halogens is 1. The van der Waals surface area contributed by atoms with E-state index in [9.17, 15) is 14.0 Å². The van der Waals surface area contributed by atoms with Crippen LogP contribution in [0.4, 0.5) is 10.1 Å². The van der Waals surface area contributed by atoms with E-state index in [1.165, 1.54) is 17.0 Å². The van der Waals surface area contributed by atoms with Gasteiger partial charge in [0.2, 0.25) is 5.91 Å². The second kappa shape index (κ2) is 7.05. The van der Waals surface area contributed by atoms with Gasteiger partial charge in [0.1, 0.15) is 11.9 Å². The molecule has 0 radical (unpaired) electrons. The minimum Gasteiger partial charge on any atom is -0.327 e. The van der Waals surface area contributed by atoms with Crippen LogP contribution in [-0.2, 0) is 4.79 Å². The van der Waals surface area contributed by atoms with Gasteiger partial charge < -0.3 is 10.2 Å². The highest BCUT2D eigenvalue weighted by molar-refractivity contribution is 6.01. The number of aryl methyl sites for hydroxylation is 2. The molecule has 1 unspecified atom stereocenters. The fourth-order valence-electron chi connectivity index (χ4n) is 3.24. The molecule has 25 heavy (non-hydrogen) atoms. The zero-order valence-electron chi connectivity index (χ0n) is 14.4. The van der Waals surface area contributed by atoms with Crippen molar-refractivity contribution in [1.29, 1.82) is 0 Å². The van der Waals surface area contributed by atoms with E-state index >= 15 is 0 Å². The Hall–Kier alpha value is -2.69. The van der Waals surface area contributed by atoms with Gasteiger partial charge in [-0.2, -0.15) is 0 Å². The molecule has 5 heteroatoms. The highest BCUT2D eigenvalue weighted by atomic mass is 19.1. The smallest absolute Gasteiger partial charge is 0.257 e. The van der Waals surface area contributed by atoms with Crippen LogP contribution in [0.1, 0.15) is 34.3 Å². The molecule has 1 atom stereocenters. The average Bonchev–Trinajstić information content (AvgIpc) is 3.07. The molecule has 0 spiro atoms. The summed E-state index contributed by atoms with van der Waals surface area (Å²) >= 11 is 0. The third kappa shape index (κ3) is 3.55. The van der Waals surface area contributed by atoms with E-state index in [4.69, 9.17) is 0 Å². The van der Waals surface area contributed by atoms with Crippen LogP contribution in [0.3, 0.4) is 0 Å². The van der Waals surface area contributed by atoms with E-state index < -0.39 is 17.8 Å². The molecular weight excluding hydrogens is 319 g/mol. The van der Waals surface area contributed by atoms with Gasteiger partial charge in [-0.1, -0.05) is 29.8 Å². The molecule has 0 saturated carbocycles. The fourth-order valence-corrected chi connectivity index (χ4v) is 3.24. The van der Waals surface area contributed by atoms with Crippen molar-refractivity contribution in [2.75, 3.05) is 11.9 Å². The number of hydrogen-bond acceptors (Lipinski definition) is 2. The molecule has 1 saturated heterocycles. The molecular formula is C20H21FN2O2. The highest BCUT2D eigenvalue weighted by Crippen LogP contribution is 2.24. The maximum absolute atomic E-state index is 13.9. The molecule has 2 aromatic rings. The van der Waals surface area contributed by atoms with Crippen LogP contribution in [0.25, 0.3) is 0 Å². The first kappa shape index (κ1) is 17.1. The summed E-state index contributed by atoms with van der Waals surface area (Å²) in [4.78, 5) is 26.8. The van der Waals surface area contributed by atoms with Crippen LogP contribution in [-0.4, -0.2) is 29.3 Å². The molecule has 1 fully saturated rings. The van der Waals surface area contributed by atoms with Gasteiger partial charge in [0.25, 0.3) is 5.91 Å². The number of carbonyl (C=O) groups is 2. The number of nitrogens with zero attached hydrogens (tertiary/aromatic N) is 1. The molecule has 1 aliphatic heterocycles. The predicted molar refractivity (Wildman–Crippen MR) is 95.0 cm³/mol. The van der Waals surface area contributed by atoms with Crippen molar-refractivity contribution in [1.82, 2.24) is 4.90 Å². The Labute approximate surface area is 146 Å². The summed E-state index contributed by atoms with van der Waals surface area (Å²) in [6, 6.07) is 11.1. The molecule has 2 amide bonds. The first-order valence-electron chi connectivity index (χ1n) is 8.41. The molecule has 3 rings (SSSR count). The van der Waals surface area contributed by atoms with E-state index in [0.29, 0.717) is 13.0 Å². The van der Waals surface area contributed by atoms with E-state index in [0.717, 1.165) is 23.2 Å². The summed E-state index contributed by atoms with van der Waals surface area (Å²) in [6.45, 7) is 4.38. The van der Waals surface area contributed by atoms with Crippen LogP contribution < -0.4 is 5.32 Å². The van der Waals surface area contributed by atoms with Gasteiger partial charge in [-0.05, 0) is 50.5 Å². The van der Waals surface area contributed by atoms with E-state index in [2.05, 4.69) is 5.32 Å². The third-order valence-corrected chi connectivity index (χ3v) is 4.56. The lowest BCUT2D eigenvalue weighted by Gasteiger charge is -2.24. The van der Waals surface area contributed by atoms with Gasteiger partial charge in [0.05, 0.1) is 5.56 Å². The second-order valence-electron chi connectivity index (χ2n) is 6.44. The first-order valence-corrected chi connectivity index (χ1v) is 8.41. The number of anilines is 1. The average molecular weight is 340 g/mol. The lowest BCUT2D eigenvalue weighted by molar-refractivity contribution is -0.119. The van der Waals surface area contributed by atoms with Crippen molar-refractivity contribution >= 4 is 17.5 Å². The quantitative estimate of drug-likeness (QED) is 0.926. The predicted octanol–water partition coefficient (Wildman–Crippen LogP) is 3.69. The molecule has 0 bridgehead atoms. The lowest BCUT2D eigenvalue weighted by Crippen LogP contribution is -2.43. The molecule has 1 N–H and O–H groups in total. The largest absolute Gasteiger partial charge is 0.327 e. The standard InChI is InChI=1S/C20H21FN2O2/c1-13-9-10-17(14(2)12-13)22-19(24)18-8-5-11-23(18)20(25)15-6-3-4-7-16(15)21/h3-4,6-7,9-10,12,18H,5,8,11H2,1-2H3,(H,22,24). The van der Waals surface area contributed by atoms with Crippen molar-refractivity contribution in [2.24, 2.45) is 0 Å². The number of nitrogens with one attached hydrogen (secondary N) is 1. The van der Waals surface area contributed by atoms with Gasteiger partial charge in [0.15, 0.2) is 0 Å². The minimum absolute atomic E-state index is 0.00807. The van der Waals surface area contributed by atoms with Gasteiger partial charge in [0, 0.05) is 12.2 Å². The van der Waals surface area contributed by atoms with Gasteiger partial charge in [-0.3, -0.25) is 9.59 Å². The van der Waals surface area contributed by atoms with E-state index in [1.54, 1.807) is 12.1 Å². The Morgan fingerprint density at radius 3 is 2.64 bits per heavy atom. The van der Waals surface area contributed by atoms with Gasteiger partial charge in [-0.25, -0.2) is 4.39 Å². The summed E-state index contributed by atoms with van der Waals surface area (Å²) in [6.07, 6.45) is 1.31. The fraction of sp³-hybridized carbons (Fsp3) is 0.300. The third-order valence-electron chi connectivity index (χ3n) is 4.56. The van der Waals surface area contributed by atoms with Crippen molar-refractivity contribution in [3.05, 3.63) is 65.0 Å². The molecule has 1 aliphatic rings. The summed E-state index contributed by atoms with van der Waals surface area (Å²) in [5, 5.41) is 2.90. The van der Waals surface area contributed by atoms with Crippen LogP contribution >= 0.6 is 0 Å². The van der Waals surface area contributed by atoms with Crippen molar-refractivity contribution < 1.29 is 14.0 Å². The lowest BCUT2D eigenvalue weighted by atomic mass is 10.1. The number of hydrogen-bond donors (Lipinski definition) is 1. The van der Waals surface area contributed by atoms with Crippen molar-refractivity contribution in [3.8, 4) is 0 Å². The number of likely N-dealkylation sites (tertiary alicyclic amines) is 1. The maximum Gasteiger partial charge on any atom is 0.257 e. The molecule has 4 nitrogen and oxygen atoms in total. The number of benzene rings is 2. The Bertz CT molecular complexity index is 819. The van der Waals surface area contributed by atoms with Crippen LogP contribution in [0.2, 0.25) is 0 Å². The molecule has 0 aliphatic carbocycles. The summed E-state index contributed by atoms with van der Waals surface area (Å²) in [5.41, 5.74) is 2.83. The van der Waals surface area contributed by atoms with Crippen molar-refractivity contribution in [2.45, 2.75) is 32.7 Å². The number of rotatable bonds is 3. The molecule has 0 aromatic heterocycles. The Morgan fingerprint density at radius 2 is 1.92 bits per heavy atom. The van der Waals surface area contributed by atoms with Crippen LogP contribution in [0.15, 0.2) is 42.5 Å². The number of amides is 2. The Morgan fingerprint density at radius 1 is 1.16 bits per heavy atom. The Balaban J connectivity index is 1.78. The zero-order valence-corrected chi connectivity index (χ0v) is 14.4. The summed E-state index contributed by atoms with van der Waals surface area (Å²) < 4.78 is 13.9. The van der Waals surface area contributed by atoms with Crippen LogP contribution in [0, 0.1) is 19.7 Å². The minimum atomic E-state index is -0.576. The SMILES string of the molecule is Cc1ccc(NC(=O)C2CCCN2C(=O)c2ccccc2F)c(C)c1. The summed E-state index contributed by atoms with van der Waals surface area (Å²) in [7, 11) is 0. The normalized spacial score (nSPS) is 16.8. The first-order chi connectivity index (χ1) is 12.0. The second-order valence-corrected chi connectivity index (χ2v) is 6.44. The molecule has 2 aromatic carbocycles. The Kier molecular flexibility index (Phi) is 4.83. The van der Waals surface area contributed by atoms with Gasteiger partial charge >= 0.3 is 0 Å². The molecule has 130 valence electrons. The monoisotopic (exact) mass is 340 g/mol. The number of carbonyl (C=O) groups excluding carboxylic acids is 2. The van der Waals surface area contributed by atoms with Gasteiger partial charge in [-0.15, -0.1) is 0 Å². The summed E-state index contributed by atoms with van der Waals surface area (Å²) in [5.74, 6) is -1.22. The van der Waals surface area contributed by atoms with E-state index in [1.807, 2.05) is 32.0 Å². The highest BCUT2D eigenvalue weighted by Gasteiger charge is 2.35. The topological polar surface area (TPSA) is 49.4 Å². The van der Waals surface area contributed by atoms with Crippen molar-refractivity contribution in [3.63, 3.8) is 0 Å². The van der Waals surface area contributed by atoms with Crippen LogP contribution in [0.5, 0.6) is 0 Å². The zero-order chi connectivity index (χ0) is 18.0. The maximum atomic E-state index is 13.9. The van der Waals surface area contributed by atoms with E-state index in [-0.39, 0.29) is 11.5 Å².